The molecule has 1 aliphatic rings. The van der Waals surface area contributed by atoms with Gasteiger partial charge in [-0.25, -0.2) is 12.7 Å². The van der Waals surface area contributed by atoms with E-state index in [1.807, 2.05) is 32.0 Å². The van der Waals surface area contributed by atoms with Crippen molar-refractivity contribution in [3.05, 3.63) is 29.3 Å². The average Bonchev–Trinajstić information content (AvgIpc) is 2.71. The Bertz CT molecular complexity index is 673. The summed E-state index contributed by atoms with van der Waals surface area (Å²) in [4.78, 5) is 14.0. The van der Waals surface area contributed by atoms with Crippen molar-refractivity contribution in [1.82, 2.24) is 9.21 Å². The summed E-state index contributed by atoms with van der Waals surface area (Å²) >= 11 is 0. The number of carbonyl (C=O) groups excluding carboxylic acids is 1. The molecule has 7 heteroatoms. The van der Waals surface area contributed by atoms with E-state index in [0.29, 0.717) is 38.3 Å². The normalized spacial score (nSPS) is 16.9. The van der Waals surface area contributed by atoms with E-state index in [4.69, 9.17) is 4.74 Å². The highest BCUT2D eigenvalue weighted by atomic mass is 32.2. The van der Waals surface area contributed by atoms with Gasteiger partial charge in [0, 0.05) is 26.2 Å². The third-order valence-electron chi connectivity index (χ3n) is 3.96. The van der Waals surface area contributed by atoms with Gasteiger partial charge in [-0.1, -0.05) is 17.7 Å². The molecule has 1 fully saturated rings. The molecule has 0 spiro atoms. The van der Waals surface area contributed by atoms with Gasteiger partial charge >= 0.3 is 0 Å². The molecule has 0 aromatic heterocycles. The van der Waals surface area contributed by atoms with Gasteiger partial charge in [0.25, 0.3) is 5.91 Å². The van der Waals surface area contributed by atoms with Crippen LogP contribution >= 0.6 is 0 Å². The van der Waals surface area contributed by atoms with Crippen LogP contribution in [0, 0.1) is 13.8 Å². The van der Waals surface area contributed by atoms with Crippen LogP contribution in [-0.4, -0.2) is 62.6 Å². The smallest absolute Gasteiger partial charge is 0.260 e. The molecule has 2 rings (SSSR count). The highest BCUT2D eigenvalue weighted by molar-refractivity contribution is 7.88. The summed E-state index contributed by atoms with van der Waals surface area (Å²) in [5.74, 6) is 0.594. The molecule has 0 N–H and O–H groups in total. The number of hydrogen-bond acceptors (Lipinski definition) is 4. The first-order chi connectivity index (χ1) is 10.8. The van der Waals surface area contributed by atoms with E-state index >= 15 is 0 Å². The van der Waals surface area contributed by atoms with Crippen LogP contribution in [-0.2, 0) is 14.8 Å². The largest absolute Gasteiger partial charge is 0.484 e. The fourth-order valence-electron chi connectivity index (χ4n) is 2.67. The van der Waals surface area contributed by atoms with Crippen molar-refractivity contribution < 1.29 is 17.9 Å². The Morgan fingerprint density at radius 2 is 1.91 bits per heavy atom. The highest BCUT2D eigenvalue weighted by Crippen LogP contribution is 2.18. The lowest BCUT2D eigenvalue weighted by atomic mass is 10.1. The first-order valence-corrected chi connectivity index (χ1v) is 9.55. The summed E-state index contributed by atoms with van der Waals surface area (Å²) in [6.07, 6.45) is 1.84. The molecule has 0 aliphatic carbocycles. The predicted octanol–water partition coefficient (Wildman–Crippen LogP) is 1.18. The van der Waals surface area contributed by atoms with Gasteiger partial charge in [-0.05, 0) is 31.9 Å². The minimum Gasteiger partial charge on any atom is -0.484 e. The van der Waals surface area contributed by atoms with Gasteiger partial charge in [0.15, 0.2) is 6.61 Å². The minimum absolute atomic E-state index is 0.0250. The van der Waals surface area contributed by atoms with E-state index < -0.39 is 10.0 Å². The van der Waals surface area contributed by atoms with E-state index in [0.717, 1.165) is 11.1 Å². The molecule has 1 aromatic carbocycles. The molecule has 128 valence electrons. The topological polar surface area (TPSA) is 66.9 Å². The van der Waals surface area contributed by atoms with Crippen LogP contribution in [0.15, 0.2) is 18.2 Å². The second-order valence-corrected chi connectivity index (χ2v) is 7.94. The van der Waals surface area contributed by atoms with Crippen molar-refractivity contribution in [2.45, 2.75) is 20.3 Å². The number of rotatable bonds is 4. The molecule has 0 radical (unpaired) electrons. The Hall–Kier alpha value is -1.60. The molecule has 0 bridgehead atoms. The van der Waals surface area contributed by atoms with Crippen LogP contribution in [0.25, 0.3) is 0 Å². The third-order valence-corrected chi connectivity index (χ3v) is 5.26. The number of hydrogen-bond donors (Lipinski definition) is 0. The molecule has 1 aromatic rings. The van der Waals surface area contributed by atoms with E-state index in [2.05, 4.69) is 0 Å². The molecule has 0 atom stereocenters. The summed E-state index contributed by atoms with van der Waals surface area (Å²) in [7, 11) is -3.20. The molecule has 1 aliphatic heterocycles. The average molecular weight is 340 g/mol. The predicted molar refractivity (Wildman–Crippen MR) is 89.0 cm³/mol. The molecular weight excluding hydrogens is 316 g/mol. The highest BCUT2D eigenvalue weighted by Gasteiger charge is 2.24. The Kier molecular flexibility index (Phi) is 5.64. The molecule has 1 amide bonds. The summed E-state index contributed by atoms with van der Waals surface area (Å²) in [6, 6.07) is 5.82. The summed E-state index contributed by atoms with van der Waals surface area (Å²) < 4.78 is 30.2. The van der Waals surface area contributed by atoms with Gasteiger partial charge in [-0.2, -0.15) is 0 Å². The number of benzene rings is 1. The van der Waals surface area contributed by atoms with E-state index in [9.17, 15) is 13.2 Å². The number of nitrogens with zero attached hydrogens (tertiary/aromatic N) is 2. The Morgan fingerprint density at radius 3 is 2.57 bits per heavy atom. The lowest BCUT2D eigenvalue weighted by Crippen LogP contribution is -2.39. The monoisotopic (exact) mass is 340 g/mol. The van der Waals surface area contributed by atoms with E-state index in [1.165, 1.54) is 10.6 Å². The van der Waals surface area contributed by atoms with Crippen molar-refractivity contribution >= 4 is 15.9 Å². The third kappa shape index (κ3) is 4.94. The summed E-state index contributed by atoms with van der Waals surface area (Å²) in [5, 5.41) is 0. The maximum atomic E-state index is 12.3. The molecule has 23 heavy (non-hydrogen) atoms. The van der Waals surface area contributed by atoms with Gasteiger partial charge in [0.05, 0.1) is 6.26 Å². The van der Waals surface area contributed by atoms with Gasteiger partial charge in [0.1, 0.15) is 5.75 Å². The molecular formula is C16H24N2O4S. The fourth-order valence-corrected chi connectivity index (χ4v) is 3.54. The van der Waals surface area contributed by atoms with Crippen LogP contribution in [0.5, 0.6) is 5.75 Å². The van der Waals surface area contributed by atoms with Crippen LogP contribution in [0.2, 0.25) is 0 Å². The zero-order valence-electron chi connectivity index (χ0n) is 13.9. The van der Waals surface area contributed by atoms with Crippen LogP contribution in [0.1, 0.15) is 17.5 Å². The molecule has 6 nitrogen and oxygen atoms in total. The first-order valence-electron chi connectivity index (χ1n) is 7.70. The van der Waals surface area contributed by atoms with E-state index in [1.54, 1.807) is 4.90 Å². The van der Waals surface area contributed by atoms with Crippen molar-refractivity contribution in [2.24, 2.45) is 0 Å². The Morgan fingerprint density at radius 1 is 1.17 bits per heavy atom. The summed E-state index contributed by atoms with van der Waals surface area (Å²) in [5.41, 5.74) is 2.14. The number of ether oxygens (including phenoxy) is 1. The number of aryl methyl sites for hydroxylation is 2. The standard InChI is InChI=1S/C16H24N2O4S/c1-13-5-6-15(14(2)11-13)22-12-16(19)17-7-4-8-18(10-9-17)23(3,20)21/h5-6,11H,4,7-10,12H2,1-3H3. The van der Waals surface area contributed by atoms with Gasteiger partial charge in [-0.3, -0.25) is 4.79 Å². The molecule has 0 unspecified atom stereocenters. The zero-order chi connectivity index (χ0) is 17.0. The van der Waals surface area contributed by atoms with Crippen LogP contribution in [0.3, 0.4) is 0 Å². The fraction of sp³-hybridized carbons (Fsp3) is 0.562. The SMILES string of the molecule is Cc1ccc(OCC(=O)N2CCCN(S(C)(=O)=O)CC2)c(C)c1. The van der Waals surface area contributed by atoms with Crippen molar-refractivity contribution in [3.8, 4) is 5.75 Å². The quantitative estimate of drug-likeness (QED) is 0.825. The summed E-state index contributed by atoms with van der Waals surface area (Å²) in [6.45, 7) is 5.69. The van der Waals surface area contributed by atoms with Crippen molar-refractivity contribution in [1.29, 1.82) is 0 Å². The van der Waals surface area contributed by atoms with Crippen molar-refractivity contribution in [2.75, 3.05) is 39.0 Å². The molecule has 1 saturated heterocycles. The maximum absolute atomic E-state index is 12.3. The number of carbonyl (C=O) groups is 1. The van der Waals surface area contributed by atoms with Crippen molar-refractivity contribution in [3.63, 3.8) is 0 Å². The second-order valence-electron chi connectivity index (χ2n) is 5.95. The van der Waals surface area contributed by atoms with Gasteiger partial charge in [0.2, 0.25) is 10.0 Å². The van der Waals surface area contributed by atoms with Crippen LogP contribution in [0.4, 0.5) is 0 Å². The number of amides is 1. The van der Waals surface area contributed by atoms with E-state index in [-0.39, 0.29) is 12.5 Å². The first kappa shape index (κ1) is 17.7. The van der Waals surface area contributed by atoms with Gasteiger partial charge in [-0.15, -0.1) is 0 Å². The number of sulfonamides is 1. The maximum Gasteiger partial charge on any atom is 0.260 e. The lowest BCUT2D eigenvalue weighted by molar-refractivity contribution is -0.133. The lowest BCUT2D eigenvalue weighted by Gasteiger charge is -2.21. The molecule has 1 heterocycles. The minimum atomic E-state index is -3.20. The zero-order valence-corrected chi connectivity index (χ0v) is 14.7. The Labute approximate surface area is 138 Å². The molecule has 0 saturated carbocycles. The Balaban J connectivity index is 1.91. The van der Waals surface area contributed by atoms with Crippen LogP contribution < -0.4 is 4.74 Å². The van der Waals surface area contributed by atoms with Gasteiger partial charge < -0.3 is 9.64 Å². The second kappa shape index (κ2) is 7.31.